The predicted molar refractivity (Wildman–Crippen MR) is 116 cm³/mol. The van der Waals surface area contributed by atoms with Crippen molar-refractivity contribution >= 4 is 11.9 Å². The monoisotopic (exact) mass is 404 g/mol. The van der Waals surface area contributed by atoms with E-state index in [2.05, 4.69) is 20.1 Å². The first-order valence-corrected chi connectivity index (χ1v) is 11.5. The van der Waals surface area contributed by atoms with Crippen molar-refractivity contribution in [1.29, 1.82) is 0 Å². The van der Waals surface area contributed by atoms with Crippen LogP contribution in [0.25, 0.3) is 0 Å². The minimum Gasteiger partial charge on any atom is -0.463 e. The molecule has 0 radical (unpaired) electrons. The van der Waals surface area contributed by atoms with Crippen molar-refractivity contribution in [3.05, 3.63) is 25.3 Å². The van der Waals surface area contributed by atoms with Crippen LogP contribution in [0.15, 0.2) is 25.3 Å². The Kier molecular flexibility index (Phi) is 9.96. The van der Waals surface area contributed by atoms with Crippen molar-refractivity contribution in [2.24, 2.45) is 23.2 Å². The summed E-state index contributed by atoms with van der Waals surface area (Å²) in [7, 11) is 0. The van der Waals surface area contributed by atoms with E-state index in [0.717, 1.165) is 30.6 Å². The topological polar surface area (TPSA) is 52.6 Å². The van der Waals surface area contributed by atoms with Crippen LogP contribution in [0.1, 0.15) is 84.0 Å². The van der Waals surface area contributed by atoms with Gasteiger partial charge in [0.05, 0.1) is 13.2 Å². The molecule has 0 aromatic carbocycles. The Labute approximate surface area is 177 Å². The lowest BCUT2D eigenvalue weighted by molar-refractivity contribution is -0.138. The lowest BCUT2D eigenvalue weighted by Gasteiger charge is -2.46. The van der Waals surface area contributed by atoms with Gasteiger partial charge >= 0.3 is 11.9 Å². The molecule has 2 rings (SSSR count). The molecule has 0 unspecified atom stereocenters. The maximum atomic E-state index is 11.1. The van der Waals surface area contributed by atoms with Gasteiger partial charge in [-0.2, -0.15) is 0 Å². The minimum atomic E-state index is -0.311. The zero-order chi connectivity index (χ0) is 21.1. The van der Waals surface area contributed by atoms with E-state index in [-0.39, 0.29) is 11.9 Å². The molecule has 2 aliphatic carbocycles. The molecule has 4 nitrogen and oxygen atoms in total. The van der Waals surface area contributed by atoms with E-state index < -0.39 is 0 Å². The summed E-state index contributed by atoms with van der Waals surface area (Å²) in [6.07, 6.45) is 17.4. The Morgan fingerprint density at radius 2 is 1.28 bits per heavy atom. The van der Waals surface area contributed by atoms with Crippen molar-refractivity contribution < 1.29 is 19.1 Å². The molecule has 164 valence electrons. The van der Waals surface area contributed by atoms with Crippen molar-refractivity contribution in [2.45, 2.75) is 84.0 Å². The lowest BCUT2D eigenvalue weighted by Crippen LogP contribution is -2.35. The fourth-order valence-corrected chi connectivity index (χ4v) is 5.39. The molecule has 0 atom stereocenters. The Morgan fingerprint density at radius 3 is 1.72 bits per heavy atom. The van der Waals surface area contributed by atoms with Gasteiger partial charge in [-0.05, 0) is 87.4 Å². The average Bonchev–Trinajstić information content (AvgIpc) is 2.75. The molecule has 0 amide bonds. The zero-order valence-corrected chi connectivity index (χ0v) is 18.3. The van der Waals surface area contributed by atoms with Gasteiger partial charge in [-0.15, -0.1) is 0 Å². The van der Waals surface area contributed by atoms with Crippen LogP contribution < -0.4 is 0 Å². The van der Waals surface area contributed by atoms with E-state index in [0.29, 0.717) is 18.6 Å². The largest absolute Gasteiger partial charge is 0.463 e. The van der Waals surface area contributed by atoms with Gasteiger partial charge in [0.25, 0.3) is 0 Å². The number of carbonyl (C=O) groups is 2. The SMILES string of the molecule is C=CC(=O)OCCC[C@H]1CC[C@H]([C@]2(C)CC[C@@H](CCCOC(=O)C=C)CC2)CC1. The molecule has 29 heavy (non-hydrogen) atoms. The van der Waals surface area contributed by atoms with Gasteiger partial charge in [0.15, 0.2) is 0 Å². The smallest absolute Gasteiger partial charge is 0.330 e. The summed E-state index contributed by atoms with van der Waals surface area (Å²) >= 11 is 0. The molecule has 0 N–H and O–H groups in total. The molecule has 0 bridgehead atoms. The molecule has 0 aromatic rings. The van der Waals surface area contributed by atoms with Crippen LogP contribution in [0.5, 0.6) is 0 Å². The van der Waals surface area contributed by atoms with Crippen molar-refractivity contribution in [2.75, 3.05) is 13.2 Å². The van der Waals surface area contributed by atoms with Crippen LogP contribution in [0.2, 0.25) is 0 Å². The highest BCUT2D eigenvalue weighted by molar-refractivity contribution is 5.81. The first kappa shape index (κ1) is 23.7. The van der Waals surface area contributed by atoms with E-state index in [1.54, 1.807) is 0 Å². The Morgan fingerprint density at radius 1 is 0.828 bits per heavy atom. The van der Waals surface area contributed by atoms with Gasteiger partial charge in [-0.25, -0.2) is 9.59 Å². The number of esters is 2. The first-order valence-electron chi connectivity index (χ1n) is 11.5. The number of carbonyl (C=O) groups excluding carboxylic acids is 2. The fraction of sp³-hybridized carbons (Fsp3) is 0.760. The molecule has 0 heterocycles. The Bertz CT molecular complexity index is 537. The lowest BCUT2D eigenvalue weighted by atomic mass is 9.60. The van der Waals surface area contributed by atoms with Crippen molar-refractivity contribution in [3.63, 3.8) is 0 Å². The quantitative estimate of drug-likeness (QED) is 0.240. The summed E-state index contributed by atoms with van der Waals surface area (Å²) in [6, 6.07) is 0. The Balaban J connectivity index is 1.60. The van der Waals surface area contributed by atoms with Gasteiger partial charge in [0, 0.05) is 12.2 Å². The van der Waals surface area contributed by atoms with E-state index in [1.807, 2.05) is 0 Å². The molecule has 0 aliphatic heterocycles. The number of hydrogen-bond acceptors (Lipinski definition) is 4. The van der Waals surface area contributed by atoms with E-state index >= 15 is 0 Å². The molecular weight excluding hydrogens is 364 g/mol. The molecule has 2 aliphatic rings. The maximum Gasteiger partial charge on any atom is 0.330 e. The number of ether oxygens (including phenoxy) is 2. The van der Waals surface area contributed by atoms with Crippen molar-refractivity contribution in [1.82, 2.24) is 0 Å². The minimum absolute atomic E-state index is 0.310. The van der Waals surface area contributed by atoms with Crippen LogP contribution in [0.4, 0.5) is 0 Å². The highest BCUT2D eigenvalue weighted by Crippen LogP contribution is 2.50. The van der Waals surface area contributed by atoms with E-state index in [4.69, 9.17) is 9.47 Å². The van der Waals surface area contributed by atoms with Crippen LogP contribution in [0.3, 0.4) is 0 Å². The third kappa shape index (κ3) is 7.98. The second kappa shape index (κ2) is 12.2. The molecule has 0 aromatic heterocycles. The summed E-state index contributed by atoms with van der Waals surface area (Å²) in [4.78, 5) is 22.2. The number of hydrogen-bond donors (Lipinski definition) is 0. The third-order valence-corrected chi connectivity index (χ3v) is 7.42. The van der Waals surface area contributed by atoms with Gasteiger partial charge in [0.2, 0.25) is 0 Å². The summed E-state index contributed by atoms with van der Waals surface area (Å²) in [6.45, 7) is 10.4. The van der Waals surface area contributed by atoms with E-state index in [9.17, 15) is 9.59 Å². The first-order chi connectivity index (χ1) is 14.0. The summed E-state index contributed by atoms with van der Waals surface area (Å²) in [5.41, 5.74) is 0.510. The summed E-state index contributed by atoms with van der Waals surface area (Å²) in [5, 5.41) is 0. The second-order valence-electron chi connectivity index (χ2n) is 9.34. The molecular formula is C25H40O4. The molecule has 4 heteroatoms. The molecule has 2 saturated carbocycles. The van der Waals surface area contributed by atoms with Crippen LogP contribution in [0, 0.1) is 23.2 Å². The summed E-state index contributed by atoms with van der Waals surface area (Å²) in [5.74, 6) is 1.84. The molecule has 0 saturated heterocycles. The normalized spacial score (nSPS) is 29.6. The maximum absolute atomic E-state index is 11.1. The highest BCUT2D eigenvalue weighted by Gasteiger charge is 2.39. The third-order valence-electron chi connectivity index (χ3n) is 7.42. The van der Waals surface area contributed by atoms with Crippen LogP contribution >= 0.6 is 0 Å². The highest BCUT2D eigenvalue weighted by atomic mass is 16.5. The van der Waals surface area contributed by atoms with Gasteiger partial charge in [-0.1, -0.05) is 32.9 Å². The number of rotatable bonds is 11. The second-order valence-corrected chi connectivity index (χ2v) is 9.34. The van der Waals surface area contributed by atoms with Gasteiger partial charge in [-0.3, -0.25) is 0 Å². The molecule has 0 spiro atoms. The average molecular weight is 405 g/mol. The van der Waals surface area contributed by atoms with Crippen molar-refractivity contribution in [3.8, 4) is 0 Å². The van der Waals surface area contributed by atoms with Gasteiger partial charge < -0.3 is 9.47 Å². The van der Waals surface area contributed by atoms with Crippen LogP contribution in [-0.4, -0.2) is 25.2 Å². The summed E-state index contributed by atoms with van der Waals surface area (Å²) < 4.78 is 10.2. The fourth-order valence-electron chi connectivity index (χ4n) is 5.39. The zero-order valence-electron chi connectivity index (χ0n) is 18.3. The van der Waals surface area contributed by atoms with E-state index in [1.165, 1.54) is 76.4 Å². The molecule has 2 fully saturated rings. The predicted octanol–water partition coefficient (Wildman–Crippen LogP) is 6.01. The Hall–Kier alpha value is -1.58. The van der Waals surface area contributed by atoms with Gasteiger partial charge in [0.1, 0.15) is 0 Å². The standard InChI is InChI=1S/C25H40O4/c1-4-23(26)28-18-6-8-20-10-12-22(13-11-20)25(3)16-14-21(15-17-25)9-7-19-29-24(27)5-2/h4-5,20-22H,1-2,6-19H2,3H3/t20-,21-,22-,25-. The van der Waals surface area contributed by atoms with Crippen LogP contribution in [-0.2, 0) is 19.1 Å².